The number of amides is 1. The molecule has 0 fully saturated rings. The molecule has 126 valence electrons. The predicted octanol–water partition coefficient (Wildman–Crippen LogP) is 5.68. The van der Waals surface area contributed by atoms with Crippen LogP contribution in [0, 0.1) is 0 Å². The van der Waals surface area contributed by atoms with Crippen molar-refractivity contribution < 1.29 is 18.4 Å². The number of rotatable bonds is 5. The van der Waals surface area contributed by atoms with Gasteiger partial charge in [-0.05, 0) is 38.1 Å². The van der Waals surface area contributed by atoms with E-state index >= 15 is 0 Å². The van der Waals surface area contributed by atoms with Crippen LogP contribution in [-0.2, 0) is 13.6 Å². The van der Waals surface area contributed by atoms with Crippen LogP contribution in [0.4, 0.5) is 16.2 Å². The third kappa shape index (κ3) is 3.03. The molecule has 3 rings (SSSR count). The summed E-state index contributed by atoms with van der Waals surface area (Å²) >= 11 is 1.58. The molecule has 0 saturated heterocycles. The smallest absolute Gasteiger partial charge is 0.302 e. The van der Waals surface area contributed by atoms with Crippen molar-refractivity contribution in [1.29, 1.82) is 0 Å². The minimum atomic E-state index is -3.91. The molecule has 0 aromatic heterocycles. The number of hydrogen-bond donors (Lipinski definition) is 0. The average Bonchev–Trinajstić information content (AvgIpc) is 2.59. The van der Waals surface area contributed by atoms with Crippen LogP contribution in [0.2, 0.25) is 0 Å². The standard InChI is InChI=1S/C17H18NO4PS/c1-3-21-23(20,22-4-2)17(19)18-13-9-5-7-11-15(13)24-16-12-8-6-10-14(16)18/h5-12H,3-4H2,1-2H3. The van der Waals surface area contributed by atoms with E-state index in [0.29, 0.717) is 11.4 Å². The molecule has 0 unspecified atom stereocenters. The molecule has 0 N–H and O–H groups in total. The van der Waals surface area contributed by atoms with Gasteiger partial charge in [0, 0.05) is 9.79 Å². The zero-order valence-electron chi connectivity index (χ0n) is 13.5. The summed E-state index contributed by atoms with van der Waals surface area (Å²) < 4.78 is 23.5. The lowest BCUT2D eigenvalue weighted by Crippen LogP contribution is -2.28. The predicted molar refractivity (Wildman–Crippen MR) is 95.4 cm³/mol. The number of hydrogen-bond acceptors (Lipinski definition) is 5. The first-order valence-electron chi connectivity index (χ1n) is 7.70. The highest BCUT2D eigenvalue weighted by Gasteiger charge is 2.42. The Balaban J connectivity index is 2.13. The highest BCUT2D eigenvalue weighted by atomic mass is 32.2. The number of fused-ring (bicyclic) bond motifs is 2. The minimum absolute atomic E-state index is 0.134. The summed E-state index contributed by atoms with van der Waals surface area (Å²) in [7, 11) is -3.91. The maximum absolute atomic E-state index is 13.1. The summed E-state index contributed by atoms with van der Waals surface area (Å²) in [6.45, 7) is 3.64. The Labute approximate surface area is 145 Å². The largest absolute Gasteiger partial charge is 0.419 e. The minimum Gasteiger partial charge on any atom is -0.302 e. The lowest BCUT2D eigenvalue weighted by molar-refractivity contribution is 0.210. The normalized spacial score (nSPS) is 13.3. The van der Waals surface area contributed by atoms with Crippen molar-refractivity contribution in [2.75, 3.05) is 18.1 Å². The van der Waals surface area contributed by atoms with Crippen molar-refractivity contribution in [2.24, 2.45) is 0 Å². The molecule has 1 aliphatic heterocycles. The molecule has 0 aliphatic carbocycles. The van der Waals surface area contributed by atoms with Gasteiger partial charge >= 0.3 is 13.2 Å². The molecule has 2 aromatic carbocycles. The van der Waals surface area contributed by atoms with E-state index in [1.54, 1.807) is 25.6 Å². The first kappa shape index (κ1) is 17.2. The van der Waals surface area contributed by atoms with Crippen LogP contribution in [0.1, 0.15) is 13.8 Å². The van der Waals surface area contributed by atoms with Gasteiger partial charge in [-0.3, -0.25) is 9.69 Å². The third-order valence-electron chi connectivity index (χ3n) is 3.46. The molecule has 7 heteroatoms. The molecule has 0 radical (unpaired) electrons. The highest BCUT2D eigenvalue weighted by Crippen LogP contribution is 2.56. The molecule has 24 heavy (non-hydrogen) atoms. The van der Waals surface area contributed by atoms with Gasteiger partial charge in [-0.1, -0.05) is 36.0 Å². The summed E-state index contributed by atoms with van der Waals surface area (Å²) in [4.78, 5) is 16.4. The summed E-state index contributed by atoms with van der Waals surface area (Å²) in [5.74, 6) is 0. The molecule has 1 aliphatic rings. The molecule has 0 spiro atoms. The number of para-hydroxylation sites is 2. The van der Waals surface area contributed by atoms with Crippen LogP contribution in [0.5, 0.6) is 0 Å². The molecule has 0 saturated carbocycles. The van der Waals surface area contributed by atoms with Crippen LogP contribution >= 0.6 is 19.4 Å². The number of anilines is 2. The van der Waals surface area contributed by atoms with E-state index in [9.17, 15) is 9.36 Å². The number of carbonyl (C=O) groups is 1. The average molecular weight is 363 g/mol. The SMILES string of the molecule is CCOP(=O)(OCC)C(=O)N1c2ccccc2Sc2ccccc21. The van der Waals surface area contributed by atoms with E-state index in [0.717, 1.165) is 9.79 Å². The van der Waals surface area contributed by atoms with Crippen molar-refractivity contribution in [2.45, 2.75) is 23.6 Å². The second kappa shape index (κ2) is 7.11. The molecule has 0 bridgehead atoms. The first-order chi connectivity index (χ1) is 11.6. The summed E-state index contributed by atoms with van der Waals surface area (Å²) in [6.07, 6.45) is 0. The van der Waals surface area contributed by atoms with E-state index in [-0.39, 0.29) is 13.2 Å². The lowest BCUT2D eigenvalue weighted by Gasteiger charge is -2.32. The quantitative estimate of drug-likeness (QED) is 0.640. The van der Waals surface area contributed by atoms with Crippen molar-refractivity contribution >= 4 is 36.4 Å². The van der Waals surface area contributed by atoms with Crippen molar-refractivity contribution in [3.8, 4) is 0 Å². The van der Waals surface area contributed by atoms with E-state index in [2.05, 4.69) is 0 Å². The Bertz CT molecular complexity index is 755. The Kier molecular flexibility index (Phi) is 5.11. The van der Waals surface area contributed by atoms with E-state index in [1.807, 2.05) is 48.5 Å². The summed E-state index contributed by atoms with van der Waals surface area (Å²) in [5, 5.41) is 0. The maximum Gasteiger partial charge on any atom is 0.419 e. The van der Waals surface area contributed by atoms with Crippen LogP contribution in [-0.4, -0.2) is 18.9 Å². The number of carbonyl (C=O) groups excluding carboxylic acids is 1. The Morgan fingerprint density at radius 1 is 0.958 bits per heavy atom. The molecule has 2 aromatic rings. The van der Waals surface area contributed by atoms with Gasteiger partial charge in [-0.25, -0.2) is 4.57 Å². The zero-order chi connectivity index (χ0) is 17.2. The maximum atomic E-state index is 13.1. The molecular weight excluding hydrogens is 345 g/mol. The fourth-order valence-electron chi connectivity index (χ4n) is 2.52. The van der Waals surface area contributed by atoms with Gasteiger partial charge in [0.05, 0.1) is 24.6 Å². The fourth-order valence-corrected chi connectivity index (χ4v) is 5.01. The Morgan fingerprint density at radius 3 is 1.88 bits per heavy atom. The number of benzene rings is 2. The lowest BCUT2D eigenvalue weighted by atomic mass is 10.2. The first-order valence-corrected chi connectivity index (χ1v) is 10.1. The summed E-state index contributed by atoms with van der Waals surface area (Å²) in [6, 6.07) is 15.0. The van der Waals surface area contributed by atoms with Crippen LogP contribution < -0.4 is 4.90 Å². The second-order valence-corrected chi connectivity index (χ2v) is 7.97. The monoisotopic (exact) mass is 363 g/mol. The van der Waals surface area contributed by atoms with E-state index in [4.69, 9.17) is 9.05 Å². The Hall–Kier alpha value is -1.59. The fraction of sp³-hybridized carbons (Fsp3) is 0.235. The molecule has 1 heterocycles. The van der Waals surface area contributed by atoms with Crippen LogP contribution in [0.15, 0.2) is 58.3 Å². The molecular formula is C17H18NO4PS. The summed E-state index contributed by atoms with van der Waals surface area (Å²) in [5.41, 5.74) is 0.711. The van der Waals surface area contributed by atoms with E-state index in [1.165, 1.54) is 4.90 Å². The van der Waals surface area contributed by atoms with Gasteiger partial charge in [-0.15, -0.1) is 0 Å². The van der Waals surface area contributed by atoms with Crippen LogP contribution in [0.25, 0.3) is 0 Å². The van der Waals surface area contributed by atoms with Gasteiger partial charge in [-0.2, -0.15) is 0 Å². The van der Waals surface area contributed by atoms with Crippen molar-refractivity contribution in [3.05, 3.63) is 48.5 Å². The molecule has 5 nitrogen and oxygen atoms in total. The second-order valence-electron chi connectivity index (χ2n) is 4.99. The van der Waals surface area contributed by atoms with Crippen LogP contribution in [0.3, 0.4) is 0 Å². The topological polar surface area (TPSA) is 55.8 Å². The molecule has 0 atom stereocenters. The van der Waals surface area contributed by atoms with Crippen molar-refractivity contribution in [3.63, 3.8) is 0 Å². The van der Waals surface area contributed by atoms with Gasteiger partial charge in [0.2, 0.25) is 0 Å². The Morgan fingerprint density at radius 2 is 1.42 bits per heavy atom. The highest BCUT2D eigenvalue weighted by molar-refractivity contribution is 7.99. The number of nitrogens with zero attached hydrogens (tertiary/aromatic N) is 1. The molecule has 1 amide bonds. The van der Waals surface area contributed by atoms with E-state index < -0.39 is 13.2 Å². The zero-order valence-corrected chi connectivity index (χ0v) is 15.2. The van der Waals surface area contributed by atoms with Gasteiger partial charge in [0.1, 0.15) is 0 Å². The van der Waals surface area contributed by atoms with Gasteiger partial charge in [0.15, 0.2) is 0 Å². The third-order valence-corrected chi connectivity index (χ3v) is 6.45. The van der Waals surface area contributed by atoms with Gasteiger partial charge in [0.25, 0.3) is 0 Å². The van der Waals surface area contributed by atoms with Gasteiger partial charge < -0.3 is 9.05 Å². The van der Waals surface area contributed by atoms with Crippen molar-refractivity contribution in [1.82, 2.24) is 0 Å².